The number of ether oxygens (including phenoxy) is 2. The summed E-state index contributed by atoms with van der Waals surface area (Å²) in [5, 5.41) is 15.9. The number of hydrogen-bond donors (Lipinski definition) is 1. The third kappa shape index (κ3) is 5.38. The molecule has 180 valence electrons. The molecule has 0 saturated carbocycles. The molecule has 1 N–H and O–H groups in total. The number of carbonyl (C=O) groups is 1. The topological polar surface area (TPSA) is 87.3 Å². The Morgan fingerprint density at radius 1 is 1.00 bits per heavy atom. The first-order valence-electron chi connectivity index (χ1n) is 10.8. The van der Waals surface area contributed by atoms with Gasteiger partial charge in [0.25, 0.3) is 5.91 Å². The Bertz CT molecular complexity index is 1440. The van der Waals surface area contributed by atoms with Gasteiger partial charge in [-0.3, -0.25) is 10.2 Å². The number of benzene rings is 3. The monoisotopic (exact) mass is 580 g/mol. The Hall–Kier alpha value is -3.40. The normalized spacial score (nSPS) is 16.1. The van der Waals surface area contributed by atoms with E-state index < -0.39 is 5.91 Å². The molecule has 0 unspecified atom stereocenters. The molecule has 5 rings (SSSR count). The van der Waals surface area contributed by atoms with Crippen LogP contribution < -0.4 is 9.47 Å². The fraction of sp³-hybridized carbons (Fsp3) is 0.0769. The van der Waals surface area contributed by atoms with Crippen LogP contribution in [0.5, 0.6) is 11.5 Å². The first kappa shape index (κ1) is 24.3. The van der Waals surface area contributed by atoms with Gasteiger partial charge < -0.3 is 9.47 Å². The van der Waals surface area contributed by atoms with Gasteiger partial charge in [-0.1, -0.05) is 57.9 Å². The Balaban J connectivity index is 1.27. The number of hydrazone groups is 1. The van der Waals surface area contributed by atoms with Gasteiger partial charge in [0.05, 0.1) is 10.6 Å². The molecule has 0 radical (unpaired) electrons. The average Bonchev–Trinajstić information content (AvgIpc) is 3.30. The first-order chi connectivity index (χ1) is 17.5. The predicted molar refractivity (Wildman–Crippen MR) is 147 cm³/mol. The van der Waals surface area contributed by atoms with Gasteiger partial charge in [-0.25, -0.2) is 0 Å². The van der Waals surface area contributed by atoms with Crippen LogP contribution in [0.25, 0.3) is 6.08 Å². The van der Waals surface area contributed by atoms with Crippen LogP contribution in [0.15, 0.2) is 92.9 Å². The third-order valence-electron chi connectivity index (χ3n) is 5.16. The highest BCUT2D eigenvalue weighted by Crippen LogP contribution is 2.33. The van der Waals surface area contributed by atoms with Crippen LogP contribution >= 0.6 is 39.3 Å². The van der Waals surface area contributed by atoms with Crippen molar-refractivity contribution in [3.8, 4) is 11.5 Å². The molecular weight excluding hydrogens is 564 g/mol. The van der Waals surface area contributed by atoms with E-state index in [4.69, 9.17) is 26.5 Å². The lowest BCUT2D eigenvalue weighted by atomic mass is 10.1. The average molecular weight is 582 g/mol. The van der Waals surface area contributed by atoms with Crippen molar-refractivity contribution in [1.29, 1.82) is 5.41 Å². The number of amides is 1. The predicted octanol–water partition coefficient (Wildman–Crippen LogP) is 6.23. The minimum atomic E-state index is -0.497. The second-order valence-corrected chi connectivity index (χ2v) is 9.91. The Morgan fingerprint density at radius 2 is 1.75 bits per heavy atom. The number of nitrogens with zero attached hydrogens (tertiary/aromatic N) is 3. The summed E-state index contributed by atoms with van der Waals surface area (Å²) in [6.45, 7) is 0.731. The number of halogens is 2. The molecule has 1 amide bonds. The number of carbonyl (C=O) groups excluding carboxylic acids is 1. The number of nitrogens with one attached hydrogen (secondary N) is 1. The smallest absolute Gasteiger partial charge is 0.283 e. The van der Waals surface area contributed by atoms with Gasteiger partial charge >= 0.3 is 0 Å². The highest BCUT2D eigenvalue weighted by molar-refractivity contribution is 9.10. The van der Waals surface area contributed by atoms with Crippen LogP contribution in [-0.4, -0.2) is 40.2 Å². The summed E-state index contributed by atoms with van der Waals surface area (Å²) in [5.41, 5.74) is 1.57. The van der Waals surface area contributed by atoms with Crippen LogP contribution in [0.2, 0.25) is 5.02 Å². The molecule has 3 aromatic carbocycles. The number of rotatable bonds is 7. The molecule has 0 bridgehead atoms. The van der Waals surface area contributed by atoms with E-state index in [1.165, 1.54) is 16.8 Å². The number of fused-ring (bicyclic) bond motifs is 1. The molecule has 0 aliphatic carbocycles. The standard InChI is InChI=1S/C26H18BrClN4O3S/c27-17-8-10-18(11-9-17)34-12-13-35-19-5-3-4-16(14-19)15-21-23(29)32-26(30-24(21)33)36-25(31-32)20-6-1-2-7-22(20)28/h1-11,14-15,29H,12-13H2/b21-15-,29-23?. The summed E-state index contributed by atoms with van der Waals surface area (Å²) >= 11 is 10.9. The van der Waals surface area contributed by atoms with E-state index in [2.05, 4.69) is 26.0 Å². The van der Waals surface area contributed by atoms with Crippen LogP contribution in [0.1, 0.15) is 11.1 Å². The van der Waals surface area contributed by atoms with Gasteiger partial charge in [0.2, 0.25) is 5.17 Å². The van der Waals surface area contributed by atoms with Crippen LogP contribution in [0.4, 0.5) is 0 Å². The van der Waals surface area contributed by atoms with Crippen LogP contribution in [0.3, 0.4) is 0 Å². The quantitative estimate of drug-likeness (QED) is 0.264. The molecule has 0 fully saturated rings. The Kier molecular flexibility index (Phi) is 7.22. The fourth-order valence-corrected chi connectivity index (χ4v) is 4.92. The zero-order valence-corrected chi connectivity index (χ0v) is 21.8. The number of aliphatic imine (C=N–C) groups is 1. The molecule has 36 heavy (non-hydrogen) atoms. The van der Waals surface area contributed by atoms with Gasteiger partial charge in [0.15, 0.2) is 5.84 Å². The molecule has 2 heterocycles. The fourth-order valence-electron chi connectivity index (χ4n) is 3.45. The maximum absolute atomic E-state index is 12.7. The minimum Gasteiger partial charge on any atom is -0.490 e. The number of hydrogen-bond acceptors (Lipinski definition) is 6. The zero-order valence-electron chi connectivity index (χ0n) is 18.7. The van der Waals surface area contributed by atoms with Gasteiger partial charge in [-0.2, -0.15) is 15.1 Å². The molecular formula is C26H18BrClN4O3S. The zero-order chi connectivity index (χ0) is 25.1. The van der Waals surface area contributed by atoms with Crippen molar-refractivity contribution in [1.82, 2.24) is 5.01 Å². The highest BCUT2D eigenvalue weighted by Gasteiger charge is 2.36. The Labute approximate surface area is 225 Å². The van der Waals surface area contributed by atoms with Gasteiger partial charge in [0, 0.05) is 10.0 Å². The Morgan fingerprint density at radius 3 is 2.53 bits per heavy atom. The van der Waals surface area contributed by atoms with E-state index in [-0.39, 0.29) is 11.4 Å². The molecule has 0 aromatic heterocycles. The highest BCUT2D eigenvalue weighted by atomic mass is 79.9. The molecule has 10 heteroatoms. The SMILES string of the molecule is N=C1/C(=C/c2cccc(OCCOc3ccc(Br)cc3)c2)C(=O)N=C2SC(c3ccccc3Cl)=NN12. The second kappa shape index (κ2) is 10.7. The molecule has 0 atom stereocenters. The van der Waals surface area contributed by atoms with E-state index in [9.17, 15) is 4.79 Å². The van der Waals surface area contributed by atoms with Gasteiger partial charge in [0.1, 0.15) is 29.8 Å². The largest absolute Gasteiger partial charge is 0.490 e. The number of thioether (sulfide) groups is 1. The maximum Gasteiger partial charge on any atom is 0.283 e. The molecule has 0 spiro atoms. The summed E-state index contributed by atoms with van der Waals surface area (Å²) in [4.78, 5) is 16.9. The maximum atomic E-state index is 12.7. The van der Waals surface area contributed by atoms with Crippen molar-refractivity contribution in [2.75, 3.05) is 13.2 Å². The van der Waals surface area contributed by atoms with Crippen LogP contribution in [-0.2, 0) is 4.79 Å². The van der Waals surface area contributed by atoms with Crippen molar-refractivity contribution in [3.63, 3.8) is 0 Å². The number of amidine groups is 2. The van der Waals surface area contributed by atoms with Crippen molar-refractivity contribution in [2.45, 2.75) is 0 Å². The van der Waals surface area contributed by atoms with Crippen molar-refractivity contribution in [2.24, 2.45) is 10.1 Å². The van der Waals surface area contributed by atoms with E-state index in [1.807, 2.05) is 60.7 Å². The summed E-state index contributed by atoms with van der Waals surface area (Å²) < 4.78 is 12.5. The lowest BCUT2D eigenvalue weighted by Crippen LogP contribution is -2.35. The van der Waals surface area contributed by atoms with Gasteiger partial charge in [-0.15, -0.1) is 0 Å². The van der Waals surface area contributed by atoms with Crippen molar-refractivity contribution in [3.05, 3.63) is 99.0 Å². The third-order valence-corrected chi connectivity index (χ3v) is 6.96. The van der Waals surface area contributed by atoms with E-state index in [1.54, 1.807) is 18.2 Å². The van der Waals surface area contributed by atoms with E-state index in [0.717, 1.165) is 15.8 Å². The summed E-state index contributed by atoms with van der Waals surface area (Å²) in [6.07, 6.45) is 1.61. The summed E-state index contributed by atoms with van der Waals surface area (Å²) in [6, 6.07) is 22.1. The molecule has 3 aromatic rings. The molecule has 2 aliphatic heterocycles. The van der Waals surface area contributed by atoms with E-state index >= 15 is 0 Å². The first-order valence-corrected chi connectivity index (χ1v) is 12.8. The van der Waals surface area contributed by atoms with Crippen molar-refractivity contribution >= 4 is 67.3 Å². The van der Waals surface area contributed by atoms with Gasteiger partial charge in [-0.05, 0) is 65.9 Å². The summed E-state index contributed by atoms with van der Waals surface area (Å²) in [5.74, 6) is 0.839. The molecule has 0 saturated heterocycles. The molecule has 2 aliphatic rings. The lowest BCUT2D eigenvalue weighted by Gasteiger charge is -2.20. The van der Waals surface area contributed by atoms with Crippen molar-refractivity contribution < 1.29 is 14.3 Å². The van der Waals surface area contributed by atoms with Crippen LogP contribution in [0, 0.1) is 5.41 Å². The summed E-state index contributed by atoms with van der Waals surface area (Å²) in [7, 11) is 0. The molecule has 7 nitrogen and oxygen atoms in total. The lowest BCUT2D eigenvalue weighted by molar-refractivity contribution is -0.114. The van der Waals surface area contributed by atoms with E-state index in [0.29, 0.717) is 39.8 Å². The second-order valence-electron chi connectivity index (χ2n) is 7.63. The minimum absolute atomic E-state index is 0.0474.